The van der Waals surface area contributed by atoms with Crippen LogP contribution in [0.15, 0.2) is 72.8 Å². The van der Waals surface area contributed by atoms with E-state index in [0.29, 0.717) is 52.3 Å². The molecule has 3 aromatic rings. The molecule has 1 aliphatic heterocycles. The second kappa shape index (κ2) is 11.3. The van der Waals surface area contributed by atoms with Crippen LogP contribution in [0.25, 0.3) is 6.08 Å². The molecule has 0 aromatic heterocycles. The fourth-order valence-corrected chi connectivity index (χ4v) is 4.10. The minimum Gasteiger partial charge on any atom is -0.494 e. The number of rotatable bonds is 8. The maximum absolute atomic E-state index is 12.8. The van der Waals surface area contributed by atoms with Crippen molar-refractivity contribution in [1.29, 1.82) is 0 Å². The molecular weight excluding hydrogens is 487 g/mol. The van der Waals surface area contributed by atoms with E-state index in [1.807, 2.05) is 30.3 Å². The third-order valence-corrected chi connectivity index (χ3v) is 5.91. The van der Waals surface area contributed by atoms with Gasteiger partial charge < -0.3 is 19.7 Å². The summed E-state index contributed by atoms with van der Waals surface area (Å²) in [5.41, 5.74) is 1.82. The zero-order chi connectivity index (χ0) is 24.8. The molecule has 1 aliphatic rings. The van der Waals surface area contributed by atoms with Gasteiger partial charge in [0.15, 0.2) is 6.10 Å². The number of fused-ring (bicyclic) bond motifs is 1. The van der Waals surface area contributed by atoms with Crippen LogP contribution in [0.4, 0.5) is 11.4 Å². The zero-order valence-corrected chi connectivity index (χ0v) is 20.6. The summed E-state index contributed by atoms with van der Waals surface area (Å²) in [7, 11) is 0. The number of nitrogens with zero attached hydrogens (tertiary/aromatic N) is 1. The molecule has 2 amide bonds. The summed E-state index contributed by atoms with van der Waals surface area (Å²) < 4.78 is 11.5. The second-order valence-electron chi connectivity index (χ2n) is 7.94. The van der Waals surface area contributed by atoms with Crippen molar-refractivity contribution in [1.82, 2.24) is 0 Å². The van der Waals surface area contributed by atoms with Gasteiger partial charge in [0.05, 0.1) is 12.3 Å². The molecule has 0 aliphatic carbocycles. The predicted octanol–water partition coefficient (Wildman–Crippen LogP) is 6.23. The van der Waals surface area contributed by atoms with Gasteiger partial charge in [-0.25, -0.2) is 0 Å². The summed E-state index contributed by atoms with van der Waals surface area (Å²) in [5, 5.41) is 3.79. The van der Waals surface area contributed by atoms with Crippen LogP contribution in [0.2, 0.25) is 10.0 Å². The van der Waals surface area contributed by atoms with Gasteiger partial charge in [-0.15, -0.1) is 0 Å². The van der Waals surface area contributed by atoms with Crippen molar-refractivity contribution in [2.75, 3.05) is 23.4 Å². The van der Waals surface area contributed by atoms with E-state index in [0.717, 1.165) is 5.75 Å². The maximum Gasteiger partial charge on any atom is 0.267 e. The molecule has 0 saturated carbocycles. The lowest BCUT2D eigenvalue weighted by Gasteiger charge is -2.33. The lowest BCUT2D eigenvalue weighted by molar-refractivity contribution is -0.125. The van der Waals surface area contributed by atoms with Crippen LogP contribution in [-0.2, 0) is 9.59 Å². The number of amides is 2. The predicted molar refractivity (Wildman–Crippen MR) is 140 cm³/mol. The van der Waals surface area contributed by atoms with E-state index < -0.39 is 6.10 Å². The molecule has 1 N–H and O–H groups in total. The standard InChI is InChI=1S/C27H24Cl2N2O4/c1-18-27(33)31(14-5-15-34-22-6-3-2-4-7-22)24-17-21(11-12-25(24)35-18)30-26(32)13-9-19-8-10-20(28)16-23(19)29/h2-4,6-13,16-18H,5,14-15H2,1H3,(H,30,32)/b13-9+. The van der Waals surface area contributed by atoms with Crippen LogP contribution in [-0.4, -0.2) is 31.1 Å². The zero-order valence-electron chi connectivity index (χ0n) is 19.0. The Labute approximate surface area is 214 Å². The van der Waals surface area contributed by atoms with Crippen LogP contribution < -0.4 is 19.7 Å². The molecule has 35 heavy (non-hydrogen) atoms. The molecule has 1 heterocycles. The Kier molecular flexibility index (Phi) is 7.95. The van der Waals surface area contributed by atoms with Gasteiger partial charge >= 0.3 is 0 Å². The van der Waals surface area contributed by atoms with Crippen LogP contribution in [0.3, 0.4) is 0 Å². The minimum absolute atomic E-state index is 0.141. The summed E-state index contributed by atoms with van der Waals surface area (Å²) in [6.45, 7) is 2.65. The van der Waals surface area contributed by atoms with E-state index in [9.17, 15) is 9.59 Å². The number of hydrogen-bond donors (Lipinski definition) is 1. The van der Waals surface area contributed by atoms with Gasteiger partial charge in [-0.2, -0.15) is 0 Å². The van der Waals surface area contributed by atoms with Gasteiger partial charge in [0, 0.05) is 28.4 Å². The van der Waals surface area contributed by atoms with Crippen molar-refractivity contribution in [2.24, 2.45) is 0 Å². The van der Waals surface area contributed by atoms with Crippen LogP contribution >= 0.6 is 23.2 Å². The Hall–Kier alpha value is -3.48. The van der Waals surface area contributed by atoms with Gasteiger partial charge in [-0.05, 0) is 67.4 Å². The largest absolute Gasteiger partial charge is 0.494 e. The summed E-state index contributed by atoms with van der Waals surface area (Å²) in [5.74, 6) is 0.892. The summed E-state index contributed by atoms with van der Waals surface area (Å²) in [6.07, 6.45) is 3.04. The number of anilines is 2. The SMILES string of the molecule is CC1Oc2ccc(NC(=O)/C=C/c3ccc(Cl)cc3Cl)cc2N(CCCOc2ccccc2)C1=O. The third-order valence-electron chi connectivity index (χ3n) is 5.35. The van der Waals surface area contributed by atoms with Crippen LogP contribution in [0, 0.1) is 0 Å². The average Bonchev–Trinajstić information content (AvgIpc) is 2.84. The summed E-state index contributed by atoms with van der Waals surface area (Å²) >= 11 is 12.1. The van der Waals surface area contributed by atoms with Gasteiger partial charge in [-0.1, -0.05) is 47.5 Å². The van der Waals surface area contributed by atoms with Crippen molar-refractivity contribution in [3.05, 3.63) is 88.4 Å². The first kappa shape index (κ1) is 24.6. The number of ether oxygens (including phenoxy) is 2. The lowest BCUT2D eigenvalue weighted by Crippen LogP contribution is -2.45. The Morgan fingerprint density at radius 2 is 1.91 bits per heavy atom. The van der Waals surface area contributed by atoms with Gasteiger partial charge in [-0.3, -0.25) is 9.59 Å². The van der Waals surface area contributed by atoms with Crippen molar-refractivity contribution in [3.63, 3.8) is 0 Å². The lowest BCUT2D eigenvalue weighted by atomic mass is 10.1. The molecule has 180 valence electrons. The van der Waals surface area contributed by atoms with Crippen molar-refractivity contribution in [3.8, 4) is 11.5 Å². The van der Waals surface area contributed by atoms with E-state index in [-0.39, 0.29) is 11.8 Å². The van der Waals surface area contributed by atoms with E-state index in [2.05, 4.69) is 5.32 Å². The molecule has 0 fully saturated rings. The summed E-state index contributed by atoms with van der Waals surface area (Å²) in [4.78, 5) is 27.0. The number of para-hydroxylation sites is 1. The Morgan fingerprint density at radius 1 is 1.11 bits per heavy atom. The third kappa shape index (κ3) is 6.35. The van der Waals surface area contributed by atoms with Crippen LogP contribution in [0.5, 0.6) is 11.5 Å². The smallest absolute Gasteiger partial charge is 0.267 e. The highest BCUT2D eigenvalue weighted by Gasteiger charge is 2.31. The first-order chi connectivity index (χ1) is 16.9. The highest BCUT2D eigenvalue weighted by molar-refractivity contribution is 6.35. The molecular formula is C27H24Cl2N2O4. The number of hydrogen-bond acceptors (Lipinski definition) is 4. The highest BCUT2D eigenvalue weighted by Crippen LogP contribution is 2.36. The molecule has 6 nitrogen and oxygen atoms in total. The number of benzene rings is 3. The number of carbonyl (C=O) groups is 2. The molecule has 0 spiro atoms. The molecule has 0 saturated heterocycles. The van der Waals surface area contributed by atoms with Crippen molar-refractivity contribution >= 4 is 52.5 Å². The normalized spacial score (nSPS) is 15.0. The maximum atomic E-state index is 12.8. The van der Waals surface area contributed by atoms with E-state index in [1.54, 1.807) is 54.3 Å². The number of nitrogens with one attached hydrogen (secondary N) is 1. The van der Waals surface area contributed by atoms with Crippen LogP contribution in [0.1, 0.15) is 18.9 Å². The van der Waals surface area contributed by atoms with Crippen molar-refractivity contribution < 1.29 is 19.1 Å². The monoisotopic (exact) mass is 510 g/mol. The minimum atomic E-state index is -0.593. The summed E-state index contributed by atoms with van der Waals surface area (Å²) in [6, 6.07) is 19.8. The number of halogens is 2. The molecule has 8 heteroatoms. The van der Waals surface area contributed by atoms with Gasteiger partial charge in [0.25, 0.3) is 5.91 Å². The molecule has 1 atom stereocenters. The quantitative estimate of drug-likeness (QED) is 0.288. The fraction of sp³-hybridized carbons (Fsp3) is 0.185. The average molecular weight is 511 g/mol. The fourth-order valence-electron chi connectivity index (χ4n) is 3.63. The molecule has 0 bridgehead atoms. The van der Waals surface area contributed by atoms with E-state index in [4.69, 9.17) is 32.7 Å². The molecule has 4 rings (SSSR count). The first-order valence-corrected chi connectivity index (χ1v) is 11.9. The molecule has 0 radical (unpaired) electrons. The molecule has 3 aromatic carbocycles. The number of carbonyl (C=O) groups excluding carboxylic acids is 2. The first-order valence-electron chi connectivity index (χ1n) is 11.1. The van der Waals surface area contributed by atoms with E-state index >= 15 is 0 Å². The topological polar surface area (TPSA) is 67.9 Å². The Balaban J connectivity index is 1.42. The van der Waals surface area contributed by atoms with Crippen molar-refractivity contribution in [2.45, 2.75) is 19.4 Å². The second-order valence-corrected chi connectivity index (χ2v) is 8.78. The van der Waals surface area contributed by atoms with Gasteiger partial charge in [0.2, 0.25) is 5.91 Å². The Morgan fingerprint density at radius 3 is 2.69 bits per heavy atom. The van der Waals surface area contributed by atoms with E-state index in [1.165, 1.54) is 6.08 Å². The highest BCUT2D eigenvalue weighted by atomic mass is 35.5. The Bertz CT molecular complexity index is 1250. The van der Waals surface area contributed by atoms with Gasteiger partial charge in [0.1, 0.15) is 11.5 Å². The molecule has 1 unspecified atom stereocenters.